The van der Waals surface area contributed by atoms with Gasteiger partial charge in [-0.05, 0) is 37.6 Å². The van der Waals surface area contributed by atoms with Gasteiger partial charge in [0.2, 0.25) is 0 Å². The summed E-state index contributed by atoms with van der Waals surface area (Å²) < 4.78 is 11.3. The number of amides is 1. The molecule has 7 heteroatoms. The zero-order valence-corrected chi connectivity index (χ0v) is 18.5. The van der Waals surface area contributed by atoms with Crippen LogP contribution in [0.2, 0.25) is 0 Å². The predicted molar refractivity (Wildman–Crippen MR) is 122 cm³/mol. The number of carbonyl (C=O) groups is 1. The van der Waals surface area contributed by atoms with Crippen molar-refractivity contribution in [3.8, 4) is 0 Å². The first kappa shape index (κ1) is 22.8. The van der Waals surface area contributed by atoms with Gasteiger partial charge in [0.05, 0.1) is 18.9 Å². The summed E-state index contributed by atoms with van der Waals surface area (Å²) in [7, 11) is 1.69. The van der Waals surface area contributed by atoms with E-state index >= 15 is 0 Å². The van der Waals surface area contributed by atoms with Crippen molar-refractivity contribution in [3.63, 3.8) is 0 Å². The lowest BCUT2D eigenvalue weighted by atomic mass is 10.00. The Balaban J connectivity index is 1.68. The number of rotatable bonds is 8. The molecule has 3 N–H and O–H groups in total. The minimum atomic E-state index is -0.238. The van der Waals surface area contributed by atoms with E-state index < -0.39 is 0 Å². The summed E-state index contributed by atoms with van der Waals surface area (Å²) in [5.74, 6) is 0.376. The summed E-state index contributed by atoms with van der Waals surface area (Å²) in [6.45, 7) is 8.27. The fourth-order valence-electron chi connectivity index (χ4n) is 3.60. The Kier molecular flexibility index (Phi) is 7.65. The van der Waals surface area contributed by atoms with E-state index in [0.29, 0.717) is 43.4 Å². The average Bonchev–Trinajstić information content (AvgIpc) is 2.80. The Hall–Kier alpha value is -2.90. The molecule has 1 aromatic carbocycles. The minimum absolute atomic E-state index is 0.192. The van der Waals surface area contributed by atoms with Crippen LogP contribution in [0, 0.1) is 5.41 Å². The highest BCUT2D eigenvalue weighted by Gasteiger charge is 2.29. The van der Waals surface area contributed by atoms with Gasteiger partial charge in [-0.3, -0.25) is 9.69 Å². The number of allylic oxidation sites excluding steroid dienone is 4. The van der Waals surface area contributed by atoms with Gasteiger partial charge in [-0.1, -0.05) is 30.3 Å². The van der Waals surface area contributed by atoms with Gasteiger partial charge >= 0.3 is 0 Å². The SMILES string of the molecule is CN/C(C(=O)NCC(C)(C)N1CCOCC1)=C1/C=C(OCc2ccccc2)C=CC1=N. The molecule has 0 spiro atoms. The molecule has 2 aliphatic rings. The Labute approximate surface area is 184 Å². The van der Waals surface area contributed by atoms with Gasteiger partial charge in [0.25, 0.3) is 5.91 Å². The third-order valence-electron chi connectivity index (χ3n) is 5.53. The van der Waals surface area contributed by atoms with Gasteiger partial charge in [-0.2, -0.15) is 0 Å². The molecule has 0 atom stereocenters. The van der Waals surface area contributed by atoms with Crippen LogP contribution in [0.1, 0.15) is 19.4 Å². The number of hydrogen-bond donors (Lipinski definition) is 3. The van der Waals surface area contributed by atoms with E-state index in [9.17, 15) is 4.79 Å². The molecule has 31 heavy (non-hydrogen) atoms. The first-order chi connectivity index (χ1) is 14.9. The molecule has 1 aliphatic carbocycles. The van der Waals surface area contributed by atoms with Gasteiger partial charge in [0, 0.05) is 37.8 Å². The zero-order valence-electron chi connectivity index (χ0n) is 18.5. The number of nitrogens with one attached hydrogen (secondary N) is 3. The maximum absolute atomic E-state index is 13.0. The second kappa shape index (κ2) is 10.4. The Morgan fingerprint density at radius 1 is 1.19 bits per heavy atom. The second-order valence-electron chi connectivity index (χ2n) is 8.20. The highest BCUT2D eigenvalue weighted by molar-refractivity contribution is 6.14. The summed E-state index contributed by atoms with van der Waals surface area (Å²) >= 11 is 0. The lowest BCUT2D eigenvalue weighted by Crippen LogP contribution is -2.55. The van der Waals surface area contributed by atoms with Crippen LogP contribution in [0.3, 0.4) is 0 Å². The van der Waals surface area contributed by atoms with Crippen LogP contribution in [0.15, 0.2) is 65.6 Å². The Morgan fingerprint density at radius 2 is 1.90 bits per heavy atom. The van der Waals surface area contributed by atoms with E-state index in [-0.39, 0.29) is 17.2 Å². The number of morpholine rings is 1. The molecule has 0 bridgehead atoms. The standard InChI is InChI=1S/C24H32N4O3/c1-24(2,28-11-13-30-14-12-28)17-27-23(29)22(26-3)20-15-19(9-10-21(20)25)31-16-18-7-5-4-6-8-18/h4-10,15,25-26H,11-14,16-17H2,1-3H3,(H,27,29)/b22-20-,25-21?. The van der Waals surface area contributed by atoms with Crippen LogP contribution in [-0.4, -0.2) is 62.0 Å². The van der Waals surface area contributed by atoms with Gasteiger partial charge in [-0.25, -0.2) is 0 Å². The molecule has 1 amide bonds. The molecule has 166 valence electrons. The average molecular weight is 425 g/mol. The highest BCUT2D eigenvalue weighted by Crippen LogP contribution is 2.19. The smallest absolute Gasteiger partial charge is 0.268 e. The molecule has 7 nitrogen and oxygen atoms in total. The van der Waals surface area contributed by atoms with Crippen molar-refractivity contribution in [3.05, 3.63) is 71.2 Å². The molecule has 0 aromatic heterocycles. The monoisotopic (exact) mass is 424 g/mol. The summed E-state index contributed by atoms with van der Waals surface area (Å²) in [5.41, 5.74) is 1.99. The topological polar surface area (TPSA) is 86.7 Å². The van der Waals surface area contributed by atoms with E-state index in [2.05, 4.69) is 29.4 Å². The summed E-state index contributed by atoms with van der Waals surface area (Å²) in [4.78, 5) is 15.3. The van der Waals surface area contributed by atoms with E-state index in [1.54, 1.807) is 25.3 Å². The lowest BCUT2D eigenvalue weighted by Gasteiger charge is -2.40. The molecule has 1 fully saturated rings. The molecular weight excluding hydrogens is 392 g/mol. The molecule has 3 rings (SSSR count). The van der Waals surface area contributed by atoms with Crippen molar-refractivity contribution in [2.45, 2.75) is 26.0 Å². The maximum Gasteiger partial charge on any atom is 0.268 e. The van der Waals surface area contributed by atoms with Crippen molar-refractivity contribution in [2.24, 2.45) is 0 Å². The molecule has 0 radical (unpaired) electrons. The van der Waals surface area contributed by atoms with Crippen LogP contribution < -0.4 is 10.6 Å². The summed E-state index contributed by atoms with van der Waals surface area (Å²) in [5, 5.41) is 14.3. The van der Waals surface area contributed by atoms with E-state index in [4.69, 9.17) is 14.9 Å². The van der Waals surface area contributed by atoms with Gasteiger partial charge in [0.15, 0.2) is 0 Å². The van der Waals surface area contributed by atoms with E-state index in [0.717, 1.165) is 18.7 Å². The predicted octanol–water partition coefficient (Wildman–Crippen LogP) is 2.38. The zero-order chi connectivity index (χ0) is 22.3. The van der Waals surface area contributed by atoms with Crippen LogP contribution in [-0.2, 0) is 20.9 Å². The Morgan fingerprint density at radius 3 is 2.58 bits per heavy atom. The van der Waals surface area contributed by atoms with Crippen molar-refractivity contribution in [2.75, 3.05) is 39.9 Å². The highest BCUT2D eigenvalue weighted by atomic mass is 16.5. The molecular formula is C24H32N4O3. The number of benzene rings is 1. The quantitative estimate of drug-likeness (QED) is 0.558. The van der Waals surface area contributed by atoms with Crippen molar-refractivity contribution in [1.82, 2.24) is 15.5 Å². The molecule has 1 saturated heterocycles. The summed E-state index contributed by atoms with van der Waals surface area (Å²) in [6.07, 6.45) is 5.14. The van der Waals surface area contributed by atoms with E-state index in [1.165, 1.54) is 0 Å². The second-order valence-corrected chi connectivity index (χ2v) is 8.20. The van der Waals surface area contributed by atoms with Crippen LogP contribution in [0.5, 0.6) is 0 Å². The van der Waals surface area contributed by atoms with Crippen LogP contribution >= 0.6 is 0 Å². The minimum Gasteiger partial charge on any atom is -0.489 e. The number of carbonyl (C=O) groups excluding carboxylic acids is 1. The van der Waals surface area contributed by atoms with Crippen molar-refractivity contribution >= 4 is 11.6 Å². The maximum atomic E-state index is 13.0. The molecule has 0 saturated carbocycles. The molecule has 0 unspecified atom stereocenters. The van der Waals surface area contributed by atoms with Crippen LogP contribution in [0.25, 0.3) is 0 Å². The lowest BCUT2D eigenvalue weighted by molar-refractivity contribution is -0.118. The molecule has 1 aliphatic heterocycles. The largest absolute Gasteiger partial charge is 0.489 e. The Bertz CT molecular complexity index is 881. The number of hydrogen-bond acceptors (Lipinski definition) is 6. The van der Waals surface area contributed by atoms with E-state index in [1.807, 2.05) is 30.3 Å². The fourth-order valence-corrected chi connectivity index (χ4v) is 3.60. The third kappa shape index (κ3) is 6.06. The molecule has 1 heterocycles. The first-order valence-corrected chi connectivity index (χ1v) is 10.6. The first-order valence-electron chi connectivity index (χ1n) is 10.6. The van der Waals surface area contributed by atoms with Gasteiger partial charge in [-0.15, -0.1) is 0 Å². The van der Waals surface area contributed by atoms with Crippen molar-refractivity contribution in [1.29, 1.82) is 5.41 Å². The third-order valence-corrected chi connectivity index (χ3v) is 5.53. The normalized spacial score (nSPS) is 18.9. The number of nitrogens with zero attached hydrogens (tertiary/aromatic N) is 1. The van der Waals surface area contributed by atoms with Gasteiger partial charge < -0.3 is 25.5 Å². The van der Waals surface area contributed by atoms with Crippen molar-refractivity contribution < 1.29 is 14.3 Å². The summed E-state index contributed by atoms with van der Waals surface area (Å²) in [6, 6.07) is 9.88. The van der Waals surface area contributed by atoms with Gasteiger partial charge in [0.1, 0.15) is 18.1 Å². The van der Waals surface area contributed by atoms with Crippen LogP contribution in [0.4, 0.5) is 0 Å². The number of likely N-dealkylation sites (N-methyl/N-ethyl adjacent to an activating group) is 1. The fraction of sp³-hybridized carbons (Fsp3) is 0.417. The molecule has 1 aromatic rings. The number of ether oxygens (including phenoxy) is 2.